The van der Waals surface area contributed by atoms with Gasteiger partial charge in [0.1, 0.15) is 0 Å². The number of hydrogen-bond donors (Lipinski definition) is 0. The van der Waals surface area contributed by atoms with Crippen molar-refractivity contribution in [1.29, 1.82) is 0 Å². The Morgan fingerprint density at radius 1 is 1.70 bits per heavy atom. The molecule has 56 valence electrons. The van der Waals surface area contributed by atoms with E-state index in [2.05, 4.69) is 44.8 Å². The Morgan fingerprint density at radius 2 is 2.40 bits per heavy atom. The molecule has 2 nitrogen and oxygen atoms in total. The van der Waals surface area contributed by atoms with Crippen LogP contribution in [0, 0.1) is 0 Å². The van der Waals surface area contributed by atoms with Crippen molar-refractivity contribution in [3.05, 3.63) is 11.6 Å². The molecule has 1 rings (SSSR count). The van der Waals surface area contributed by atoms with E-state index in [1.807, 2.05) is 11.6 Å². The second-order valence-corrected chi connectivity index (χ2v) is 4.13. The van der Waals surface area contributed by atoms with Crippen molar-refractivity contribution < 1.29 is 0 Å². The van der Waals surface area contributed by atoms with Crippen LogP contribution in [-0.4, -0.2) is 11.0 Å². The Bertz CT molecular complexity index is 186. The third-order valence-corrected chi connectivity index (χ3v) is 3.72. The minimum Gasteiger partial charge on any atom is -0.288 e. The highest BCUT2D eigenvalue weighted by Crippen LogP contribution is 2.22. The van der Waals surface area contributed by atoms with E-state index in [1.54, 1.807) is 11.3 Å². The van der Waals surface area contributed by atoms with Crippen LogP contribution in [-0.2, 0) is 0 Å². The van der Waals surface area contributed by atoms with Crippen LogP contribution >= 0.6 is 34.2 Å². The molecule has 0 N–H and O–H groups in total. The molecule has 0 spiro atoms. The minimum atomic E-state index is 0.520. The van der Waals surface area contributed by atoms with E-state index in [1.165, 1.54) is 0 Å². The van der Waals surface area contributed by atoms with Crippen LogP contribution in [0.15, 0.2) is 11.6 Å². The van der Waals surface area contributed by atoms with E-state index in [9.17, 15) is 0 Å². The van der Waals surface area contributed by atoms with E-state index in [-0.39, 0.29) is 0 Å². The van der Waals surface area contributed by atoms with Gasteiger partial charge in [0.2, 0.25) is 0 Å². The van der Waals surface area contributed by atoms with Gasteiger partial charge in [0, 0.05) is 17.6 Å². The minimum absolute atomic E-state index is 0.520. The summed E-state index contributed by atoms with van der Waals surface area (Å²) in [5, 5.41) is 3.07. The molecule has 1 aromatic rings. The summed E-state index contributed by atoms with van der Waals surface area (Å²) in [5.41, 5.74) is 0. The Kier molecular flexibility index (Phi) is 2.91. The molecule has 0 atom stereocenters. The maximum Gasteiger partial charge on any atom is 0.194 e. The number of aromatic nitrogens is 1. The summed E-state index contributed by atoms with van der Waals surface area (Å²) >= 11 is 3.94. The smallest absolute Gasteiger partial charge is 0.194 e. The average Bonchev–Trinajstić information content (AvgIpc) is 2.36. The molecule has 0 aliphatic carbocycles. The molecule has 0 amide bonds. The highest BCUT2D eigenvalue weighted by Gasteiger charge is 2.07. The van der Waals surface area contributed by atoms with Crippen molar-refractivity contribution in [2.24, 2.45) is 0 Å². The third kappa shape index (κ3) is 1.82. The second-order valence-electron chi connectivity index (χ2n) is 2.22. The summed E-state index contributed by atoms with van der Waals surface area (Å²) in [7, 11) is 0. The maximum absolute atomic E-state index is 4.17. The Hall–Kier alpha value is 0.160. The molecular formula is C6H9IN2S. The highest BCUT2D eigenvalue weighted by atomic mass is 127. The largest absolute Gasteiger partial charge is 0.288 e. The topological polar surface area (TPSA) is 16.1 Å². The van der Waals surface area contributed by atoms with Gasteiger partial charge in [-0.1, -0.05) is 0 Å². The van der Waals surface area contributed by atoms with Crippen LogP contribution in [0.2, 0.25) is 0 Å². The summed E-state index contributed by atoms with van der Waals surface area (Å²) < 4.78 is 2.13. The van der Waals surface area contributed by atoms with E-state index in [0.29, 0.717) is 6.04 Å². The normalized spacial score (nSPS) is 10.4. The summed E-state index contributed by atoms with van der Waals surface area (Å²) in [6.07, 6.45) is 1.83. The molecule has 0 saturated heterocycles. The van der Waals surface area contributed by atoms with Crippen LogP contribution in [0.3, 0.4) is 0 Å². The molecule has 0 radical (unpaired) electrons. The van der Waals surface area contributed by atoms with Crippen molar-refractivity contribution in [3.63, 3.8) is 0 Å². The van der Waals surface area contributed by atoms with Crippen LogP contribution < -0.4 is 3.11 Å². The lowest BCUT2D eigenvalue weighted by Crippen LogP contribution is -2.18. The zero-order chi connectivity index (χ0) is 7.56. The van der Waals surface area contributed by atoms with Crippen molar-refractivity contribution in [2.75, 3.05) is 3.11 Å². The van der Waals surface area contributed by atoms with Gasteiger partial charge in [-0.3, -0.25) is 3.11 Å². The third-order valence-electron chi connectivity index (χ3n) is 1.06. The Labute approximate surface area is 78.8 Å². The van der Waals surface area contributed by atoms with Crippen LogP contribution in [0.4, 0.5) is 5.13 Å². The molecule has 0 aliphatic heterocycles. The number of anilines is 1. The summed E-state index contributed by atoms with van der Waals surface area (Å²) in [5.74, 6) is 0. The first-order valence-corrected chi connectivity index (χ1v) is 4.91. The van der Waals surface area contributed by atoms with Gasteiger partial charge in [-0.05, 0) is 13.8 Å². The predicted octanol–water partition coefficient (Wildman–Crippen LogP) is 2.71. The van der Waals surface area contributed by atoms with Gasteiger partial charge in [0.25, 0.3) is 0 Å². The van der Waals surface area contributed by atoms with Gasteiger partial charge in [-0.2, -0.15) is 0 Å². The number of thiazole rings is 1. The van der Waals surface area contributed by atoms with E-state index in [4.69, 9.17) is 0 Å². The zero-order valence-corrected chi connectivity index (χ0v) is 8.89. The molecule has 4 heteroatoms. The molecule has 1 aromatic heterocycles. The molecular weight excluding hydrogens is 259 g/mol. The average molecular weight is 268 g/mol. The molecule has 0 saturated carbocycles. The van der Waals surface area contributed by atoms with Gasteiger partial charge in [-0.25, -0.2) is 4.98 Å². The molecule has 0 fully saturated rings. The first kappa shape index (κ1) is 8.26. The summed E-state index contributed by atoms with van der Waals surface area (Å²) in [6, 6.07) is 0.520. The molecule has 0 aromatic carbocycles. The van der Waals surface area contributed by atoms with Gasteiger partial charge in [0.05, 0.1) is 22.9 Å². The fourth-order valence-electron chi connectivity index (χ4n) is 0.542. The Balaban J connectivity index is 2.68. The van der Waals surface area contributed by atoms with Crippen molar-refractivity contribution >= 4 is 39.3 Å². The van der Waals surface area contributed by atoms with Gasteiger partial charge in [-0.15, -0.1) is 11.3 Å². The fourth-order valence-corrected chi connectivity index (χ4v) is 1.68. The van der Waals surface area contributed by atoms with Gasteiger partial charge < -0.3 is 0 Å². The maximum atomic E-state index is 4.17. The van der Waals surface area contributed by atoms with Crippen LogP contribution in [0.25, 0.3) is 0 Å². The number of rotatable bonds is 2. The second kappa shape index (κ2) is 3.52. The monoisotopic (exact) mass is 268 g/mol. The lowest BCUT2D eigenvalue weighted by molar-refractivity contribution is 0.851. The molecule has 10 heavy (non-hydrogen) atoms. The molecule has 0 unspecified atom stereocenters. The first-order valence-electron chi connectivity index (χ1n) is 3.06. The van der Waals surface area contributed by atoms with Gasteiger partial charge >= 0.3 is 0 Å². The lowest BCUT2D eigenvalue weighted by Gasteiger charge is -2.16. The molecule has 1 heterocycles. The van der Waals surface area contributed by atoms with Gasteiger partial charge in [0.15, 0.2) is 5.13 Å². The number of nitrogens with zero attached hydrogens (tertiary/aromatic N) is 2. The van der Waals surface area contributed by atoms with Crippen molar-refractivity contribution in [2.45, 2.75) is 19.9 Å². The number of hydrogen-bond acceptors (Lipinski definition) is 3. The first-order chi connectivity index (χ1) is 4.72. The van der Waals surface area contributed by atoms with Crippen molar-refractivity contribution in [3.8, 4) is 0 Å². The SMILES string of the molecule is CC(C)N(I)c1nccs1. The van der Waals surface area contributed by atoms with E-state index < -0.39 is 0 Å². The molecule has 0 aliphatic rings. The predicted molar refractivity (Wildman–Crippen MR) is 53.7 cm³/mol. The zero-order valence-electron chi connectivity index (χ0n) is 5.91. The molecule has 0 bridgehead atoms. The van der Waals surface area contributed by atoms with Crippen LogP contribution in [0.5, 0.6) is 0 Å². The Morgan fingerprint density at radius 3 is 2.80 bits per heavy atom. The van der Waals surface area contributed by atoms with Crippen LogP contribution in [0.1, 0.15) is 13.8 Å². The summed E-state index contributed by atoms with van der Waals surface area (Å²) in [4.78, 5) is 4.17. The standard InChI is InChI=1S/C6H9IN2S/c1-5(2)9(7)6-8-3-4-10-6/h3-5H,1-2H3. The quantitative estimate of drug-likeness (QED) is 0.605. The fraction of sp³-hybridized carbons (Fsp3) is 0.500. The number of halogens is 1. The van der Waals surface area contributed by atoms with E-state index in [0.717, 1.165) is 5.13 Å². The summed E-state index contributed by atoms with van der Waals surface area (Å²) in [6.45, 7) is 4.29. The highest BCUT2D eigenvalue weighted by molar-refractivity contribution is 14.1. The lowest BCUT2D eigenvalue weighted by atomic mass is 10.4. The van der Waals surface area contributed by atoms with E-state index >= 15 is 0 Å². The van der Waals surface area contributed by atoms with Crippen molar-refractivity contribution in [1.82, 2.24) is 4.98 Å².